The summed E-state index contributed by atoms with van der Waals surface area (Å²) in [5.74, 6) is -1.42. The van der Waals surface area contributed by atoms with Gasteiger partial charge in [-0.15, -0.1) is 0 Å². The van der Waals surface area contributed by atoms with Crippen molar-refractivity contribution < 1.29 is 14.7 Å². The summed E-state index contributed by atoms with van der Waals surface area (Å²) in [6.45, 7) is 3.55. The van der Waals surface area contributed by atoms with Gasteiger partial charge in [-0.25, -0.2) is 0 Å². The quantitative estimate of drug-likeness (QED) is 0.812. The first-order valence-electron chi connectivity index (χ1n) is 6.10. The molecule has 19 heavy (non-hydrogen) atoms. The fourth-order valence-corrected chi connectivity index (χ4v) is 1.71. The molecule has 1 amide bonds. The van der Waals surface area contributed by atoms with E-state index in [1.165, 1.54) is 15.5 Å². The molecule has 0 aliphatic heterocycles. The highest BCUT2D eigenvalue weighted by atomic mass is 16.4. The highest BCUT2D eigenvalue weighted by Crippen LogP contribution is 1.97. The Morgan fingerprint density at radius 1 is 1.42 bits per heavy atom. The van der Waals surface area contributed by atoms with E-state index in [0.29, 0.717) is 13.0 Å². The molecule has 104 valence electrons. The molecule has 0 aromatic carbocycles. The van der Waals surface area contributed by atoms with Crippen molar-refractivity contribution in [1.82, 2.24) is 9.47 Å². The van der Waals surface area contributed by atoms with Gasteiger partial charge in [-0.1, -0.05) is 6.92 Å². The molecule has 6 heteroatoms. The lowest BCUT2D eigenvalue weighted by Gasteiger charge is -2.20. The third kappa shape index (κ3) is 4.57. The topological polar surface area (TPSA) is 79.6 Å². The van der Waals surface area contributed by atoms with Crippen molar-refractivity contribution in [2.24, 2.45) is 0 Å². The Balaban J connectivity index is 2.80. The van der Waals surface area contributed by atoms with E-state index in [9.17, 15) is 14.4 Å². The number of carboxylic acid groups (broad SMARTS) is 1. The molecular weight excluding hydrogens is 248 g/mol. The van der Waals surface area contributed by atoms with E-state index in [1.807, 2.05) is 6.92 Å². The number of amides is 1. The Hall–Kier alpha value is -2.11. The smallest absolute Gasteiger partial charge is 0.323 e. The second kappa shape index (κ2) is 6.72. The Bertz CT molecular complexity index is 522. The third-order valence-corrected chi connectivity index (χ3v) is 2.63. The first kappa shape index (κ1) is 14.9. The number of aromatic nitrogens is 1. The van der Waals surface area contributed by atoms with E-state index < -0.39 is 5.97 Å². The molecule has 1 rings (SSSR count). The van der Waals surface area contributed by atoms with Crippen molar-refractivity contribution >= 4 is 11.9 Å². The third-order valence-electron chi connectivity index (χ3n) is 2.63. The van der Waals surface area contributed by atoms with E-state index >= 15 is 0 Å². The summed E-state index contributed by atoms with van der Waals surface area (Å²) >= 11 is 0. The Labute approximate surface area is 111 Å². The minimum absolute atomic E-state index is 0.133. The van der Waals surface area contributed by atoms with Gasteiger partial charge in [-0.05, 0) is 25.0 Å². The molecule has 0 atom stereocenters. The van der Waals surface area contributed by atoms with E-state index in [1.54, 1.807) is 19.2 Å². The fraction of sp³-hybridized carbons (Fsp3) is 0.462. The molecule has 6 nitrogen and oxygen atoms in total. The van der Waals surface area contributed by atoms with Gasteiger partial charge in [0.05, 0.1) is 0 Å². The molecule has 1 N–H and O–H groups in total. The van der Waals surface area contributed by atoms with Crippen LogP contribution >= 0.6 is 0 Å². The molecule has 0 radical (unpaired) electrons. The predicted molar refractivity (Wildman–Crippen MR) is 69.9 cm³/mol. The zero-order valence-corrected chi connectivity index (χ0v) is 11.1. The average molecular weight is 266 g/mol. The van der Waals surface area contributed by atoms with E-state index in [4.69, 9.17) is 5.11 Å². The molecule has 0 bridgehead atoms. The van der Waals surface area contributed by atoms with Gasteiger partial charge in [0.2, 0.25) is 5.91 Å². The maximum absolute atomic E-state index is 12.0. The number of hydrogen-bond donors (Lipinski definition) is 1. The lowest BCUT2D eigenvalue weighted by atomic mass is 10.3. The second-order valence-corrected chi connectivity index (χ2v) is 4.38. The number of carbonyl (C=O) groups is 2. The molecule has 1 heterocycles. The summed E-state index contributed by atoms with van der Waals surface area (Å²) in [7, 11) is 0. The van der Waals surface area contributed by atoms with Crippen LogP contribution in [0.5, 0.6) is 0 Å². The molecule has 0 aliphatic carbocycles. The van der Waals surface area contributed by atoms with Crippen LogP contribution in [0.25, 0.3) is 0 Å². The SMILES string of the molecule is CCCN(CC(=O)O)C(=O)Cn1ccc(C)cc1=O. The van der Waals surface area contributed by atoms with Crippen LogP contribution in [0.2, 0.25) is 0 Å². The Morgan fingerprint density at radius 3 is 2.63 bits per heavy atom. The molecule has 0 fully saturated rings. The molecule has 0 saturated heterocycles. The number of hydrogen-bond acceptors (Lipinski definition) is 3. The summed E-state index contributed by atoms with van der Waals surface area (Å²) in [6, 6.07) is 3.17. The van der Waals surface area contributed by atoms with Crippen LogP contribution in [-0.4, -0.2) is 39.5 Å². The first-order valence-corrected chi connectivity index (χ1v) is 6.10. The molecule has 0 aliphatic rings. The lowest BCUT2D eigenvalue weighted by Crippen LogP contribution is -2.39. The summed E-state index contributed by atoms with van der Waals surface area (Å²) in [6.07, 6.45) is 2.21. The van der Waals surface area contributed by atoms with Crippen LogP contribution in [0.4, 0.5) is 0 Å². The number of nitrogens with zero attached hydrogens (tertiary/aromatic N) is 2. The normalized spacial score (nSPS) is 10.2. The molecule has 0 spiro atoms. The Kier molecular flexibility index (Phi) is 5.29. The lowest BCUT2D eigenvalue weighted by molar-refractivity contribution is -0.144. The number of rotatable bonds is 6. The van der Waals surface area contributed by atoms with Crippen LogP contribution in [0.15, 0.2) is 23.1 Å². The fourth-order valence-electron chi connectivity index (χ4n) is 1.71. The summed E-state index contributed by atoms with van der Waals surface area (Å²) in [5.41, 5.74) is 0.560. The van der Waals surface area contributed by atoms with Crippen LogP contribution in [0.1, 0.15) is 18.9 Å². The average Bonchev–Trinajstić information content (AvgIpc) is 2.31. The predicted octanol–water partition coefficient (Wildman–Crippen LogP) is 0.480. The van der Waals surface area contributed by atoms with Crippen molar-refractivity contribution in [3.63, 3.8) is 0 Å². The number of pyridine rings is 1. The van der Waals surface area contributed by atoms with Gasteiger partial charge in [0.1, 0.15) is 13.1 Å². The van der Waals surface area contributed by atoms with Gasteiger partial charge in [0.15, 0.2) is 0 Å². The molecular formula is C13H18N2O4. The van der Waals surface area contributed by atoms with Crippen LogP contribution in [0, 0.1) is 6.92 Å². The minimum atomic E-state index is -1.06. The van der Waals surface area contributed by atoms with E-state index in [-0.39, 0.29) is 24.6 Å². The molecule has 0 unspecified atom stereocenters. The number of aliphatic carboxylic acids is 1. The van der Waals surface area contributed by atoms with Crippen LogP contribution < -0.4 is 5.56 Å². The van der Waals surface area contributed by atoms with Gasteiger partial charge >= 0.3 is 5.97 Å². The highest BCUT2D eigenvalue weighted by Gasteiger charge is 2.16. The minimum Gasteiger partial charge on any atom is -0.480 e. The zero-order chi connectivity index (χ0) is 14.4. The maximum Gasteiger partial charge on any atom is 0.323 e. The second-order valence-electron chi connectivity index (χ2n) is 4.38. The van der Waals surface area contributed by atoms with E-state index in [0.717, 1.165) is 5.56 Å². The Morgan fingerprint density at radius 2 is 2.11 bits per heavy atom. The summed E-state index contributed by atoms with van der Waals surface area (Å²) in [5, 5.41) is 8.75. The number of carbonyl (C=O) groups excluding carboxylic acids is 1. The van der Waals surface area contributed by atoms with Gasteiger partial charge in [0.25, 0.3) is 5.56 Å². The molecule has 1 aromatic rings. The van der Waals surface area contributed by atoms with Crippen molar-refractivity contribution in [2.75, 3.05) is 13.1 Å². The van der Waals surface area contributed by atoms with Crippen molar-refractivity contribution in [2.45, 2.75) is 26.8 Å². The summed E-state index contributed by atoms with van der Waals surface area (Å²) < 4.78 is 1.28. The van der Waals surface area contributed by atoms with Crippen molar-refractivity contribution in [3.05, 3.63) is 34.2 Å². The van der Waals surface area contributed by atoms with Crippen molar-refractivity contribution in [1.29, 1.82) is 0 Å². The first-order chi connectivity index (χ1) is 8.93. The van der Waals surface area contributed by atoms with Gasteiger partial charge in [-0.2, -0.15) is 0 Å². The molecule has 1 aromatic heterocycles. The number of carboxylic acids is 1. The van der Waals surface area contributed by atoms with Gasteiger partial charge in [-0.3, -0.25) is 14.4 Å². The van der Waals surface area contributed by atoms with Crippen molar-refractivity contribution in [3.8, 4) is 0 Å². The van der Waals surface area contributed by atoms with Crippen LogP contribution in [-0.2, 0) is 16.1 Å². The highest BCUT2D eigenvalue weighted by molar-refractivity contribution is 5.81. The standard InChI is InChI=1S/C13H18N2O4/c1-3-5-14(9-13(18)19)12(17)8-15-6-4-10(2)7-11(15)16/h4,6-7H,3,5,8-9H2,1-2H3,(H,18,19). The van der Waals surface area contributed by atoms with E-state index in [2.05, 4.69) is 0 Å². The molecule has 0 saturated carbocycles. The zero-order valence-electron chi connectivity index (χ0n) is 11.1. The summed E-state index contributed by atoms with van der Waals surface area (Å²) in [4.78, 5) is 35.6. The monoisotopic (exact) mass is 266 g/mol. The maximum atomic E-state index is 12.0. The van der Waals surface area contributed by atoms with Gasteiger partial charge < -0.3 is 14.6 Å². The largest absolute Gasteiger partial charge is 0.480 e. The van der Waals surface area contributed by atoms with Gasteiger partial charge in [0, 0.05) is 18.8 Å². The van der Waals surface area contributed by atoms with Crippen LogP contribution in [0.3, 0.4) is 0 Å². The number of aryl methyl sites for hydroxylation is 1.